The number of ketones is 1. The minimum atomic E-state index is 0.342. The second-order valence-electron chi connectivity index (χ2n) is 3.29. The van der Waals surface area contributed by atoms with Crippen LogP contribution >= 0.6 is 0 Å². The number of hydrogen-bond donors (Lipinski definition) is 0. The van der Waals surface area contributed by atoms with Gasteiger partial charge in [0.2, 0.25) is 5.88 Å². The number of nitrogens with zero attached hydrogens (tertiary/aromatic N) is 1. The number of rotatable bonds is 3. The zero-order chi connectivity index (χ0) is 9.10. The molecule has 2 rings (SSSR count). The molecule has 1 fully saturated rings. The molecule has 3 nitrogen and oxygen atoms in total. The van der Waals surface area contributed by atoms with Crippen molar-refractivity contribution in [3.63, 3.8) is 0 Å². The molecule has 0 N–H and O–H groups in total. The first-order chi connectivity index (χ1) is 6.34. The van der Waals surface area contributed by atoms with Gasteiger partial charge in [0.1, 0.15) is 5.78 Å². The lowest BCUT2D eigenvalue weighted by molar-refractivity contribution is -0.127. The van der Waals surface area contributed by atoms with Crippen LogP contribution in [0.3, 0.4) is 0 Å². The van der Waals surface area contributed by atoms with E-state index in [1.165, 1.54) is 0 Å². The van der Waals surface area contributed by atoms with Gasteiger partial charge >= 0.3 is 0 Å². The summed E-state index contributed by atoms with van der Waals surface area (Å²) in [6.45, 7) is 0.614. The Morgan fingerprint density at radius 1 is 1.46 bits per heavy atom. The van der Waals surface area contributed by atoms with E-state index in [0.717, 1.165) is 0 Å². The summed E-state index contributed by atoms with van der Waals surface area (Å²) >= 11 is 0. The SMILES string of the molecule is O=C1CC(COc2ccccn2)C1. The zero-order valence-corrected chi connectivity index (χ0v) is 7.27. The predicted molar refractivity (Wildman–Crippen MR) is 47.5 cm³/mol. The summed E-state index contributed by atoms with van der Waals surface area (Å²) in [5, 5.41) is 0. The lowest BCUT2D eigenvalue weighted by Gasteiger charge is -2.23. The molecule has 1 aromatic heterocycles. The molecule has 68 valence electrons. The Morgan fingerprint density at radius 3 is 2.92 bits per heavy atom. The summed E-state index contributed by atoms with van der Waals surface area (Å²) in [6.07, 6.45) is 3.04. The first-order valence-electron chi connectivity index (χ1n) is 4.40. The summed E-state index contributed by atoms with van der Waals surface area (Å²) in [7, 11) is 0. The molecule has 3 heteroatoms. The van der Waals surface area contributed by atoms with Gasteiger partial charge in [-0.25, -0.2) is 4.98 Å². The van der Waals surface area contributed by atoms with Crippen LogP contribution in [0.4, 0.5) is 0 Å². The van der Waals surface area contributed by atoms with E-state index in [-0.39, 0.29) is 0 Å². The van der Waals surface area contributed by atoms with Gasteiger partial charge < -0.3 is 4.74 Å². The highest BCUT2D eigenvalue weighted by Crippen LogP contribution is 2.23. The Balaban J connectivity index is 1.77. The molecule has 0 aromatic carbocycles. The smallest absolute Gasteiger partial charge is 0.213 e. The second-order valence-corrected chi connectivity index (χ2v) is 3.29. The average Bonchev–Trinajstić information content (AvgIpc) is 2.12. The molecule has 0 unspecified atom stereocenters. The molecule has 1 aromatic rings. The maximum atomic E-state index is 10.6. The van der Waals surface area contributed by atoms with E-state index in [4.69, 9.17) is 4.74 Å². The number of pyridine rings is 1. The molecule has 0 spiro atoms. The fourth-order valence-electron chi connectivity index (χ4n) is 1.34. The van der Waals surface area contributed by atoms with Gasteiger partial charge in [-0.15, -0.1) is 0 Å². The number of hydrogen-bond acceptors (Lipinski definition) is 3. The summed E-state index contributed by atoms with van der Waals surface area (Å²) in [5.41, 5.74) is 0. The normalized spacial score (nSPS) is 16.8. The molecule has 0 aliphatic heterocycles. The molecule has 1 aliphatic rings. The highest BCUT2D eigenvalue weighted by molar-refractivity contribution is 5.84. The maximum Gasteiger partial charge on any atom is 0.213 e. The van der Waals surface area contributed by atoms with E-state index in [0.29, 0.717) is 37.0 Å². The van der Waals surface area contributed by atoms with Gasteiger partial charge in [0.05, 0.1) is 6.61 Å². The van der Waals surface area contributed by atoms with Crippen molar-refractivity contribution >= 4 is 5.78 Å². The Bertz CT molecular complexity index is 289. The number of carbonyl (C=O) groups is 1. The zero-order valence-electron chi connectivity index (χ0n) is 7.27. The first-order valence-corrected chi connectivity index (χ1v) is 4.40. The van der Waals surface area contributed by atoms with Gasteiger partial charge in [-0.1, -0.05) is 6.07 Å². The highest BCUT2D eigenvalue weighted by atomic mass is 16.5. The predicted octanol–water partition coefficient (Wildman–Crippen LogP) is 1.44. The van der Waals surface area contributed by atoms with Crippen molar-refractivity contribution < 1.29 is 9.53 Å². The summed E-state index contributed by atoms with van der Waals surface area (Å²) in [6, 6.07) is 5.55. The lowest BCUT2D eigenvalue weighted by atomic mass is 9.85. The van der Waals surface area contributed by atoms with Crippen LogP contribution in [-0.4, -0.2) is 17.4 Å². The fourth-order valence-corrected chi connectivity index (χ4v) is 1.34. The minimum Gasteiger partial charge on any atom is -0.477 e. The van der Waals surface area contributed by atoms with Crippen molar-refractivity contribution in [2.24, 2.45) is 5.92 Å². The summed E-state index contributed by atoms with van der Waals surface area (Å²) < 4.78 is 5.39. The number of ether oxygens (including phenoxy) is 1. The maximum absolute atomic E-state index is 10.6. The van der Waals surface area contributed by atoms with Crippen molar-refractivity contribution in [1.29, 1.82) is 0 Å². The molecule has 0 amide bonds. The molecule has 0 atom stereocenters. The molecule has 13 heavy (non-hydrogen) atoms. The van der Waals surface area contributed by atoms with Gasteiger partial charge in [0.15, 0.2) is 0 Å². The molecular formula is C10H11NO2. The van der Waals surface area contributed by atoms with E-state index in [1.807, 2.05) is 18.2 Å². The Kier molecular flexibility index (Phi) is 2.25. The molecule has 0 radical (unpaired) electrons. The topological polar surface area (TPSA) is 39.2 Å². The monoisotopic (exact) mass is 177 g/mol. The van der Waals surface area contributed by atoms with Crippen LogP contribution in [0.25, 0.3) is 0 Å². The summed E-state index contributed by atoms with van der Waals surface area (Å²) in [4.78, 5) is 14.7. The first kappa shape index (κ1) is 8.23. The van der Waals surface area contributed by atoms with Gasteiger partial charge in [-0.05, 0) is 6.07 Å². The molecule has 1 aliphatic carbocycles. The van der Waals surface area contributed by atoms with Crippen LogP contribution < -0.4 is 4.74 Å². The van der Waals surface area contributed by atoms with E-state index >= 15 is 0 Å². The fraction of sp³-hybridized carbons (Fsp3) is 0.400. The minimum absolute atomic E-state index is 0.342. The van der Waals surface area contributed by atoms with Crippen LogP contribution in [0.1, 0.15) is 12.8 Å². The molecular weight excluding hydrogens is 166 g/mol. The van der Waals surface area contributed by atoms with Crippen molar-refractivity contribution in [3.8, 4) is 5.88 Å². The van der Waals surface area contributed by atoms with Crippen LogP contribution in [-0.2, 0) is 4.79 Å². The quantitative estimate of drug-likeness (QED) is 0.701. The van der Waals surface area contributed by atoms with E-state index in [9.17, 15) is 4.79 Å². The van der Waals surface area contributed by atoms with Gasteiger partial charge in [-0.2, -0.15) is 0 Å². The van der Waals surface area contributed by atoms with Gasteiger partial charge in [0.25, 0.3) is 0 Å². The Labute approximate surface area is 76.7 Å². The average molecular weight is 177 g/mol. The molecule has 0 saturated heterocycles. The van der Waals surface area contributed by atoms with Crippen LogP contribution in [0.15, 0.2) is 24.4 Å². The van der Waals surface area contributed by atoms with Crippen molar-refractivity contribution in [2.45, 2.75) is 12.8 Å². The second kappa shape index (κ2) is 3.56. The third-order valence-corrected chi connectivity index (χ3v) is 2.14. The third-order valence-electron chi connectivity index (χ3n) is 2.14. The Morgan fingerprint density at radius 2 is 2.31 bits per heavy atom. The van der Waals surface area contributed by atoms with E-state index in [2.05, 4.69) is 4.98 Å². The molecule has 0 bridgehead atoms. The van der Waals surface area contributed by atoms with Crippen LogP contribution in [0, 0.1) is 5.92 Å². The van der Waals surface area contributed by atoms with Crippen LogP contribution in [0.2, 0.25) is 0 Å². The third kappa shape index (κ3) is 2.05. The largest absolute Gasteiger partial charge is 0.477 e. The van der Waals surface area contributed by atoms with Gasteiger partial charge in [0, 0.05) is 31.0 Å². The van der Waals surface area contributed by atoms with Crippen molar-refractivity contribution in [1.82, 2.24) is 4.98 Å². The number of carbonyl (C=O) groups excluding carboxylic acids is 1. The standard InChI is InChI=1S/C10H11NO2/c12-9-5-8(6-9)7-13-10-3-1-2-4-11-10/h1-4,8H,5-7H2. The van der Waals surface area contributed by atoms with E-state index < -0.39 is 0 Å². The van der Waals surface area contributed by atoms with E-state index in [1.54, 1.807) is 6.20 Å². The summed E-state index contributed by atoms with van der Waals surface area (Å²) in [5.74, 6) is 1.39. The van der Waals surface area contributed by atoms with Crippen molar-refractivity contribution in [2.75, 3.05) is 6.61 Å². The Hall–Kier alpha value is -1.38. The molecule has 1 heterocycles. The molecule has 1 saturated carbocycles. The highest BCUT2D eigenvalue weighted by Gasteiger charge is 2.26. The lowest BCUT2D eigenvalue weighted by Crippen LogP contribution is -2.28. The van der Waals surface area contributed by atoms with Crippen molar-refractivity contribution in [3.05, 3.63) is 24.4 Å². The van der Waals surface area contributed by atoms with Crippen LogP contribution in [0.5, 0.6) is 5.88 Å². The number of aromatic nitrogens is 1. The number of Topliss-reactive ketones (excluding diaryl/α,β-unsaturated/α-hetero) is 1. The van der Waals surface area contributed by atoms with Gasteiger partial charge in [-0.3, -0.25) is 4.79 Å².